The van der Waals surface area contributed by atoms with E-state index in [1.54, 1.807) is 26.0 Å². The second-order valence-electron chi connectivity index (χ2n) is 5.18. The highest BCUT2D eigenvalue weighted by molar-refractivity contribution is 7.78. The van der Waals surface area contributed by atoms with Gasteiger partial charge < -0.3 is 18.9 Å². The summed E-state index contributed by atoms with van der Waals surface area (Å²) < 4.78 is 20.9. The van der Waals surface area contributed by atoms with Gasteiger partial charge in [0.25, 0.3) is 0 Å². The van der Waals surface area contributed by atoms with Crippen molar-refractivity contribution in [2.45, 2.75) is 26.4 Å². The molecule has 0 aliphatic rings. The minimum atomic E-state index is -0.833. The van der Waals surface area contributed by atoms with E-state index in [0.717, 1.165) is 0 Å². The van der Waals surface area contributed by atoms with Crippen molar-refractivity contribution in [3.8, 4) is 0 Å². The number of ether oxygens (including phenoxy) is 4. The maximum atomic E-state index is 12.4. The fourth-order valence-corrected chi connectivity index (χ4v) is 2.14. The van der Waals surface area contributed by atoms with Gasteiger partial charge >= 0.3 is 11.9 Å². The van der Waals surface area contributed by atoms with E-state index in [-0.39, 0.29) is 24.3 Å². The lowest BCUT2D eigenvalue weighted by Crippen LogP contribution is -2.23. The second kappa shape index (κ2) is 13.8. The first-order chi connectivity index (χ1) is 13.5. The molecule has 1 rings (SSSR count). The molecule has 0 aromatic heterocycles. The number of hydrogen-bond acceptors (Lipinski definition) is 10. The van der Waals surface area contributed by atoms with E-state index < -0.39 is 24.5 Å². The lowest BCUT2D eigenvalue weighted by Gasteiger charge is -2.16. The summed E-state index contributed by atoms with van der Waals surface area (Å²) in [5.74, 6) is -1.44. The van der Waals surface area contributed by atoms with Crippen LogP contribution in [-0.4, -0.2) is 61.1 Å². The molecule has 1 aromatic carbocycles. The monoisotopic (exact) mass is 424 g/mol. The van der Waals surface area contributed by atoms with E-state index in [1.165, 1.54) is 12.1 Å². The van der Waals surface area contributed by atoms with Gasteiger partial charge in [-0.15, -0.1) is 0 Å². The highest BCUT2D eigenvalue weighted by Crippen LogP contribution is 2.14. The first-order valence-electron chi connectivity index (χ1n) is 8.31. The molecule has 10 heteroatoms. The van der Waals surface area contributed by atoms with Crippen molar-refractivity contribution in [1.82, 2.24) is 0 Å². The Hall–Kier alpha value is -2.32. The van der Waals surface area contributed by atoms with Crippen LogP contribution in [0.2, 0.25) is 0 Å². The van der Waals surface area contributed by atoms with E-state index in [1.807, 2.05) is 0 Å². The molecule has 0 N–H and O–H groups in total. The van der Waals surface area contributed by atoms with Crippen LogP contribution < -0.4 is 0 Å². The van der Waals surface area contributed by atoms with Gasteiger partial charge in [0, 0.05) is 0 Å². The summed E-state index contributed by atoms with van der Waals surface area (Å²) in [5, 5.41) is 4.42. The van der Waals surface area contributed by atoms with Gasteiger partial charge in [0.15, 0.2) is 0 Å². The zero-order valence-electron chi connectivity index (χ0n) is 15.5. The maximum Gasteiger partial charge on any atom is 0.341 e. The molecule has 8 nitrogen and oxygen atoms in total. The summed E-state index contributed by atoms with van der Waals surface area (Å²) in [6.07, 6.45) is -1.67. The van der Waals surface area contributed by atoms with Crippen LogP contribution in [0.1, 0.15) is 34.6 Å². The number of rotatable bonds is 12. The van der Waals surface area contributed by atoms with Gasteiger partial charge in [0.05, 0.1) is 47.8 Å². The van der Waals surface area contributed by atoms with Gasteiger partial charge in [0.2, 0.25) is 12.6 Å². The number of carbonyl (C=O) groups is 2. The number of nitrogens with zero attached hydrogens (tertiary/aromatic N) is 2. The number of benzene rings is 1. The largest absolute Gasteiger partial charge is 0.432 e. The zero-order chi connectivity index (χ0) is 20.8. The molecular weight excluding hydrogens is 404 g/mol. The maximum absolute atomic E-state index is 12.4. The SMILES string of the molecule is CC(OCCN=C=S)OC(=O)c1ccccc1C(=O)OC(C)OCCN=C=S. The average molecular weight is 425 g/mol. The van der Waals surface area contributed by atoms with Crippen LogP contribution in [0.25, 0.3) is 0 Å². The molecule has 2 unspecified atom stereocenters. The lowest BCUT2D eigenvalue weighted by atomic mass is 10.1. The third-order valence-corrected chi connectivity index (χ3v) is 3.41. The van der Waals surface area contributed by atoms with Crippen LogP contribution in [0.4, 0.5) is 0 Å². The first-order valence-corrected chi connectivity index (χ1v) is 9.12. The van der Waals surface area contributed by atoms with Gasteiger partial charge in [-0.2, -0.15) is 0 Å². The normalized spacial score (nSPS) is 12.1. The molecule has 28 heavy (non-hydrogen) atoms. The molecule has 0 aliphatic carbocycles. The van der Waals surface area contributed by atoms with E-state index >= 15 is 0 Å². The quantitative estimate of drug-likeness (QED) is 0.166. The molecular formula is C18H20N2O6S2. The van der Waals surface area contributed by atoms with E-state index in [4.69, 9.17) is 18.9 Å². The number of hydrogen-bond donors (Lipinski definition) is 0. The van der Waals surface area contributed by atoms with Gasteiger partial charge in [-0.1, -0.05) is 12.1 Å². The minimum absolute atomic E-state index is 0.0531. The number of thiocarbonyl (C=S) groups is 2. The number of isothiocyanates is 2. The highest BCUT2D eigenvalue weighted by Gasteiger charge is 2.22. The van der Waals surface area contributed by atoms with Gasteiger partial charge in [-0.3, -0.25) is 0 Å². The molecule has 0 saturated heterocycles. The van der Waals surface area contributed by atoms with E-state index in [0.29, 0.717) is 13.1 Å². The Labute approximate surface area is 173 Å². The smallest absolute Gasteiger partial charge is 0.341 e. The third-order valence-electron chi connectivity index (χ3n) is 3.15. The molecule has 0 saturated carbocycles. The Bertz CT molecular complexity index is 697. The van der Waals surface area contributed by atoms with Crippen molar-refractivity contribution in [3.05, 3.63) is 35.4 Å². The summed E-state index contributed by atoms with van der Waals surface area (Å²) in [6.45, 7) is 4.15. The van der Waals surface area contributed by atoms with E-state index in [2.05, 4.69) is 44.7 Å². The molecule has 0 fully saturated rings. The molecule has 1 aromatic rings. The van der Waals surface area contributed by atoms with E-state index in [9.17, 15) is 9.59 Å². The summed E-state index contributed by atoms with van der Waals surface area (Å²) in [6, 6.07) is 6.13. The Morgan fingerprint density at radius 1 is 0.893 bits per heavy atom. The van der Waals surface area contributed by atoms with Crippen molar-refractivity contribution >= 4 is 46.7 Å². The summed E-state index contributed by atoms with van der Waals surface area (Å²) in [4.78, 5) is 32.1. The van der Waals surface area contributed by atoms with Crippen molar-refractivity contribution < 1.29 is 28.5 Å². The van der Waals surface area contributed by atoms with Gasteiger partial charge in [-0.05, 0) is 50.4 Å². The summed E-state index contributed by atoms with van der Waals surface area (Å²) in [5.41, 5.74) is 0.106. The molecule has 150 valence electrons. The number of aliphatic imine (C=N–C) groups is 2. The van der Waals surface area contributed by atoms with Crippen LogP contribution in [0.3, 0.4) is 0 Å². The van der Waals surface area contributed by atoms with Crippen molar-refractivity contribution in [2.24, 2.45) is 9.98 Å². The van der Waals surface area contributed by atoms with Crippen LogP contribution in [-0.2, 0) is 18.9 Å². The van der Waals surface area contributed by atoms with Crippen LogP contribution in [0, 0.1) is 0 Å². The van der Waals surface area contributed by atoms with Crippen molar-refractivity contribution in [3.63, 3.8) is 0 Å². The molecule has 0 spiro atoms. The van der Waals surface area contributed by atoms with Crippen LogP contribution >= 0.6 is 24.4 Å². The average Bonchev–Trinajstić information content (AvgIpc) is 2.68. The summed E-state index contributed by atoms with van der Waals surface area (Å²) in [7, 11) is 0. The Balaban J connectivity index is 2.66. The van der Waals surface area contributed by atoms with Crippen molar-refractivity contribution in [2.75, 3.05) is 26.3 Å². The third kappa shape index (κ3) is 9.05. The fourth-order valence-electron chi connectivity index (χ4n) is 1.96. The summed E-state index contributed by atoms with van der Waals surface area (Å²) >= 11 is 8.89. The molecule has 0 heterocycles. The predicted octanol–water partition coefficient (Wildman–Crippen LogP) is 2.93. The number of carbonyl (C=O) groups excluding carboxylic acids is 2. The first kappa shape index (κ1) is 23.7. The Kier molecular flexibility index (Phi) is 11.7. The highest BCUT2D eigenvalue weighted by atomic mass is 32.1. The number of esters is 2. The fraction of sp³-hybridized carbons (Fsp3) is 0.444. The van der Waals surface area contributed by atoms with Crippen LogP contribution in [0.15, 0.2) is 34.3 Å². The Morgan fingerprint density at radius 2 is 1.29 bits per heavy atom. The lowest BCUT2D eigenvalue weighted by molar-refractivity contribution is -0.0980. The van der Waals surface area contributed by atoms with Crippen LogP contribution in [0.5, 0.6) is 0 Å². The molecule has 2 atom stereocenters. The van der Waals surface area contributed by atoms with Crippen molar-refractivity contribution in [1.29, 1.82) is 0 Å². The molecule has 0 aliphatic heterocycles. The molecule has 0 radical (unpaired) electrons. The van der Waals surface area contributed by atoms with Gasteiger partial charge in [0.1, 0.15) is 0 Å². The standard InChI is InChI=1S/C18H20N2O6S2/c1-13(23-9-7-19-11-27)25-17(21)15-5-3-4-6-16(15)18(22)26-14(2)24-10-8-20-12-28/h3-6,13-14H,7-10H2,1-2H3. The Morgan fingerprint density at radius 3 is 1.64 bits per heavy atom. The predicted molar refractivity (Wildman–Crippen MR) is 108 cm³/mol. The molecule has 0 bridgehead atoms. The second-order valence-corrected chi connectivity index (χ2v) is 5.54. The van der Waals surface area contributed by atoms with Gasteiger partial charge in [-0.25, -0.2) is 19.6 Å². The minimum Gasteiger partial charge on any atom is -0.432 e. The topological polar surface area (TPSA) is 95.8 Å². The molecule has 0 amide bonds. The zero-order valence-corrected chi connectivity index (χ0v) is 17.1.